The first-order valence-electron chi connectivity index (χ1n) is 4.61. The molecule has 1 fully saturated rings. The maximum atomic E-state index is 10.7. The highest BCUT2D eigenvalue weighted by Gasteiger charge is 2.31. The molecule has 1 aromatic carbocycles. The van der Waals surface area contributed by atoms with Crippen molar-refractivity contribution >= 4 is 11.7 Å². The lowest BCUT2D eigenvalue weighted by atomic mass is 10.0. The average Bonchev–Trinajstić information content (AvgIpc) is 2.99. The first-order valence-corrected chi connectivity index (χ1v) is 4.61. The molecule has 0 aliphatic heterocycles. The highest BCUT2D eigenvalue weighted by atomic mass is 16.6. The van der Waals surface area contributed by atoms with Crippen molar-refractivity contribution in [3.05, 3.63) is 39.4 Å². The van der Waals surface area contributed by atoms with Crippen LogP contribution in [0.3, 0.4) is 0 Å². The van der Waals surface area contributed by atoms with Gasteiger partial charge in [-0.2, -0.15) is 0 Å². The molecule has 1 aliphatic rings. The molecule has 0 saturated heterocycles. The summed E-state index contributed by atoms with van der Waals surface area (Å²) in [5.41, 5.74) is 0.699. The summed E-state index contributed by atoms with van der Waals surface area (Å²) >= 11 is 0. The lowest BCUT2D eigenvalue weighted by Crippen LogP contribution is -2.00. The predicted octanol–water partition coefficient (Wildman–Crippen LogP) is 2.17. The number of hydrogen-bond acceptors (Lipinski definition) is 3. The summed E-state index contributed by atoms with van der Waals surface area (Å²) in [5.74, 6) is -0.878. The maximum absolute atomic E-state index is 10.7. The number of nitro benzene ring substituents is 1. The van der Waals surface area contributed by atoms with Gasteiger partial charge in [-0.05, 0) is 30.9 Å². The van der Waals surface area contributed by atoms with Gasteiger partial charge in [0, 0.05) is 11.6 Å². The van der Waals surface area contributed by atoms with Crippen molar-refractivity contribution in [3.63, 3.8) is 0 Å². The molecule has 0 heterocycles. The number of hydrogen-bond donors (Lipinski definition) is 1. The van der Waals surface area contributed by atoms with Crippen LogP contribution in [0.4, 0.5) is 5.69 Å². The monoisotopic (exact) mass is 207 g/mol. The fraction of sp³-hybridized carbons (Fsp3) is 0.300. The summed E-state index contributed by atoms with van der Waals surface area (Å²) in [6.45, 7) is 0. The lowest BCUT2D eigenvalue weighted by Gasteiger charge is -2.02. The Hall–Kier alpha value is -1.91. The minimum absolute atomic E-state index is 0.0301. The van der Waals surface area contributed by atoms with Gasteiger partial charge in [-0.25, -0.2) is 4.79 Å². The number of aromatic carboxylic acids is 1. The van der Waals surface area contributed by atoms with E-state index < -0.39 is 10.9 Å². The molecule has 0 amide bonds. The van der Waals surface area contributed by atoms with Crippen LogP contribution in [-0.2, 0) is 0 Å². The Bertz CT molecular complexity index is 437. The van der Waals surface area contributed by atoms with Crippen LogP contribution in [0, 0.1) is 10.1 Å². The van der Waals surface area contributed by atoms with E-state index in [1.807, 2.05) is 0 Å². The van der Waals surface area contributed by atoms with Crippen molar-refractivity contribution in [2.75, 3.05) is 0 Å². The second-order valence-electron chi connectivity index (χ2n) is 3.61. The van der Waals surface area contributed by atoms with Gasteiger partial charge in [-0.1, -0.05) is 0 Å². The van der Waals surface area contributed by atoms with E-state index in [2.05, 4.69) is 0 Å². The second kappa shape index (κ2) is 3.34. The number of carbonyl (C=O) groups is 1. The molecule has 78 valence electrons. The van der Waals surface area contributed by atoms with Gasteiger partial charge in [0.2, 0.25) is 0 Å². The van der Waals surface area contributed by atoms with E-state index in [9.17, 15) is 14.9 Å². The lowest BCUT2D eigenvalue weighted by molar-refractivity contribution is -0.385. The fourth-order valence-corrected chi connectivity index (χ4v) is 1.58. The van der Waals surface area contributed by atoms with Gasteiger partial charge in [-0.15, -0.1) is 0 Å². The summed E-state index contributed by atoms with van der Waals surface area (Å²) in [6, 6.07) is 3.96. The summed E-state index contributed by atoms with van der Waals surface area (Å²) in [6.07, 6.45) is 1.81. The third-order valence-electron chi connectivity index (χ3n) is 2.49. The van der Waals surface area contributed by atoms with Gasteiger partial charge < -0.3 is 5.11 Å². The highest BCUT2D eigenvalue weighted by molar-refractivity contribution is 5.88. The summed E-state index contributed by atoms with van der Waals surface area (Å²) < 4.78 is 0. The van der Waals surface area contributed by atoms with E-state index in [0.717, 1.165) is 12.8 Å². The van der Waals surface area contributed by atoms with Crippen molar-refractivity contribution in [1.82, 2.24) is 0 Å². The van der Waals surface area contributed by atoms with Crippen LogP contribution in [0.2, 0.25) is 0 Å². The van der Waals surface area contributed by atoms with E-state index in [0.29, 0.717) is 5.56 Å². The number of carboxylic acids is 1. The van der Waals surface area contributed by atoms with Gasteiger partial charge in [0.25, 0.3) is 5.69 Å². The van der Waals surface area contributed by atoms with E-state index in [4.69, 9.17) is 5.11 Å². The van der Waals surface area contributed by atoms with Crippen LogP contribution in [0.25, 0.3) is 0 Å². The molecule has 0 atom stereocenters. The Labute approximate surface area is 85.5 Å². The van der Waals surface area contributed by atoms with Gasteiger partial charge >= 0.3 is 5.97 Å². The quantitative estimate of drug-likeness (QED) is 0.608. The van der Waals surface area contributed by atoms with Gasteiger partial charge in [0.15, 0.2) is 0 Å². The number of carboxylic acid groups (broad SMARTS) is 1. The fourth-order valence-electron chi connectivity index (χ4n) is 1.58. The molecule has 2 rings (SSSR count). The maximum Gasteiger partial charge on any atom is 0.335 e. The topological polar surface area (TPSA) is 80.4 Å². The van der Waals surface area contributed by atoms with Crippen LogP contribution in [0.15, 0.2) is 18.2 Å². The largest absolute Gasteiger partial charge is 0.478 e. The van der Waals surface area contributed by atoms with Gasteiger partial charge in [-0.3, -0.25) is 10.1 Å². The zero-order valence-corrected chi connectivity index (χ0v) is 7.84. The summed E-state index contributed by atoms with van der Waals surface area (Å²) in [7, 11) is 0. The molecule has 1 N–H and O–H groups in total. The predicted molar refractivity (Wildman–Crippen MR) is 52.0 cm³/mol. The van der Waals surface area contributed by atoms with Crippen LogP contribution >= 0.6 is 0 Å². The first-order chi connectivity index (χ1) is 7.09. The molecular formula is C10H9NO4. The van der Waals surface area contributed by atoms with Crippen LogP contribution in [0.1, 0.15) is 34.7 Å². The Morgan fingerprint density at radius 1 is 1.47 bits per heavy atom. The number of nitrogens with zero attached hydrogens (tertiary/aromatic N) is 1. The highest BCUT2D eigenvalue weighted by Crippen LogP contribution is 2.44. The molecule has 5 heteroatoms. The molecule has 5 nitrogen and oxygen atoms in total. The van der Waals surface area contributed by atoms with Crippen LogP contribution in [-0.4, -0.2) is 16.0 Å². The summed E-state index contributed by atoms with van der Waals surface area (Å²) in [5, 5.41) is 19.5. The molecule has 1 aliphatic carbocycles. The zero-order valence-electron chi connectivity index (χ0n) is 7.84. The molecule has 0 unspecified atom stereocenters. The molecule has 15 heavy (non-hydrogen) atoms. The van der Waals surface area contributed by atoms with Crippen molar-refractivity contribution in [3.8, 4) is 0 Å². The Kier molecular flexibility index (Phi) is 2.15. The van der Waals surface area contributed by atoms with Gasteiger partial charge in [0.1, 0.15) is 0 Å². The zero-order chi connectivity index (χ0) is 11.0. The molecule has 1 aromatic rings. The van der Waals surface area contributed by atoms with Crippen molar-refractivity contribution in [1.29, 1.82) is 0 Å². The second-order valence-corrected chi connectivity index (χ2v) is 3.61. The molecule has 0 spiro atoms. The molecule has 0 radical (unpaired) electrons. The van der Waals surface area contributed by atoms with Crippen molar-refractivity contribution in [2.45, 2.75) is 18.8 Å². The standard InChI is InChI=1S/C10H9NO4/c12-10(13)7-3-4-9(11(14)15)8(5-7)6-1-2-6/h3-6H,1-2H2,(H,12,13). The van der Waals surface area contributed by atoms with Crippen molar-refractivity contribution in [2.24, 2.45) is 0 Å². The number of rotatable bonds is 3. The van der Waals surface area contributed by atoms with Gasteiger partial charge in [0.05, 0.1) is 10.5 Å². The summed E-state index contributed by atoms with van der Waals surface area (Å²) in [4.78, 5) is 20.9. The minimum atomic E-state index is -1.05. The van der Waals surface area contributed by atoms with E-state index in [1.165, 1.54) is 18.2 Å². The third kappa shape index (κ3) is 1.81. The van der Waals surface area contributed by atoms with E-state index in [1.54, 1.807) is 0 Å². The Morgan fingerprint density at radius 3 is 2.60 bits per heavy atom. The van der Waals surface area contributed by atoms with E-state index in [-0.39, 0.29) is 17.2 Å². The number of nitro groups is 1. The normalized spacial score (nSPS) is 14.9. The SMILES string of the molecule is O=C(O)c1ccc([N+](=O)[O-])c(C2CC2)c1. The third-order valence-corrected chi connectivity index (χ3v) is 2.49. The smallest absolute Gasteiger partial charge is 0.335 e. The van der Waals surface area contributed by atoms with E-state index >= 15 is 0 Å². The molecule has 0 bridgehead atoms. The molecular weight excluding hydrogens is 198 g/mol. The Morgan fingerprint density at radius 2 is 2.13 bits per heavy atom. The van der Waals surface area contributed by atoms with Crippen LogP contribution < -0.4 is 0 Å². The minimum Gasteiger partial charge on any atom is -0.478 e. The molecule has 1 saturated carbocycles. The first kappa shape index (κ1) is 9.64. The molecule has 0 aromatic heterocycles. The van der Waals surface area contributed by atoms with Crippen molar-refractivity contribution < 1.29 is 14.8 Å². The van der Waals surface area contributed by atoms with Crippen LogP contribution in [0.5, 0.6) is 0 Å². The Balaban J connectivity index is 2.48. The average molecular weight is 207 g/mol. The number of benzene rings is 1.